The first-order valence-electron chi connectivity index (χ1n) is 10.1. The molecule has 4 aromatic rings. The van der Waals surface area contributed by atoms with Crippen LogP contribution in [0.1, 0.15) is 28.4 Å². The van der Waals surface area contributed by atoms with Crippen molar-refractivity contribution in [3.63, 3.8) is 0 Å². The molecule has 4 rings (SSSR count). The normalized spacial score (nSPS) is 11.3. The number of ether oxygens (including phenoxy) is 1. The molecule has 0 atom stereocenters. The molecule has 168 valence electrons. The Labute approximate surface area is 194 Å². The third kappa shape index (κ3) is 5.35. The Morgan fingerprint density at radius 3 is 2.70 bits per heavy atom. The molecule has 0 saturated carbocycles. The first-order chi connectivity index (χ1) is 15.9. The summed E-state index contributed by atoms with van der Waals surface area (Å²) in [5.41, 5.74) is 4.06. The van der Waals surface area contributed by atoms with Crippen LogP contribution in [-0.2, 0) is 22.7 Å². The van der Waals surface area contributed by atoms with Crippen molar-refractivity contribution in [2.45, 2.75) is 27.0 Å². The van der Waals surface area contributed by atoms with E-state index in [0.717, 1.165) is 22.5 Å². The number of benzene rings is 2. The van der Waals surface area contributed by atoms with E-state index < -0.39 is 5.97 Å². The van der Waals surface area contributed by atoms with E-state index in [2.05, 4.69) is 15.2 Å². The molecule has 0 bridgehead atoms. The van der Waals surface area contributed by atoms with Gasteiger partial charge in [0.25, 0.3) is 5.89 Å². The molecule has 2 aromatic heterocycles. The predicted molar refractivity (Wildman–Crippen MR) is 121 cm³/mol. The fourth-order valence-corrected chi connectivity index (χ4v) is 3.45. The minimum absolute atomic E-state index is 0.135. The lowest BCUT2D eigenvalue weighted by atomic mass is 10.1. The molecule has 33 heavy (non-hydrogen) atoms. The van der Waals surface area contributed by atoms with Gasteiger partial charge in [-0.3, -0.25) is 4.68 Å². The summed E-state index contributed by atoms with van der Waals surface area (Å²) >= 11 is 6.26. The highest BCUT2D eigenvalue weighted by atomic mass is 35.5. The van der Waals surface area contributed by atoms with E-state index in [1.165, 1.54) is 30.3 Å². The lowest BCUT2D eigenvalue weighted by Crippen LogP contribution is -2.04. The average molecular weight is 467 g/mol. The number of halogens is 2. The second kappa shape index (κ2) is 9.79. The summed E-state index contributed by atoms with van der Waals surface area (Å²) < 4.78 is 25.2. The van der Waals surface area contributed by atoms with Gasteiger partial charge < -0.3 is 9.26 Å². The zero-order chi connectivity index (χ0) is 23.4. The van der Waals surface area contributed by atoms with Crippen molar-refractivity contribution in [1.82, 2.24) is 19.9 Å². The Balaban J connectivity index is 1.38. The Bertz CT molecular complexity index is 1310. The summed E-state index contributed by atoms with van der Waals surface area (Å²) in [6.45, 7) is 4.15. The van der Waals surface area contributed by atoms with Gasteiger partial charge in [-0.25, -0.2) is 9.18 Å². The average Bonchev–Trinajstić information content (AvgIpc) is 3.38. The van der Waals surface area contributed by atoms with Crippen LogP contribution in [0.4, 0.5) is 4.39 Å². The minimum Gasteiger partial charge on any atom is -0.452 e. The van der Waals surface area contributed by atoms with Crippen LogP contribution in [0.5, 0.6) is 0 Å². The second-order valence-electron chi connectivity index (χ2n) is 7.29. The van der Waals surface area contributed by atoms with E-state index >= 15 is 0 Å². The maximum atomic E-state index is 13.0. The SMILES string of the molecule is Cc1nn(Cc2ccccc2Cl)c(C)c1/C=C/C(=O)OCc1nc(-c2ccc(F)cc2)no1. The van der Waals surface area contributed by atoms with Crippen molar-refractivity contribution in [3.8, 4) is 11.4 Å². The monoisotopic (exact) mass is 466 g/mol. The first kappa shape index (κ1) is 22.4. The van der Waals surface area contributed by atoms with Gasteiger partial charge in [0.15, 0.2) is 6.61 Å². The van der Waals surface area contributed by atoms with Crippen molar-refractivity contribution >= 4 is 23.6 Å². The number of rotatable bonds is 7. The number of hydrogen-bond acceptors (Lipinski definition) is 6. The van der Waals surface area contributed by atoms with Crippen molar-refractivity contribution in [1.29, 1.82) is 0 Å². The van der Waals surface area contributed by atoms with Gasteiger partial charge in [-0.15, -0.1) is 0 Å². The Morgan fingerprint density at radius 2 is 1.94 bits per heavy atom. The van der Waals surface area contributed by atoms with Gasteiger partial charge in [-0.2, -0.15) is 10.1 Å². The van der Waals surface area contributed by atoms with Crippen LogP contribution in [-0.4, -0.2) is 25.9 Å². The Kier molecular flexibility index (Phi) is 6.65. The molecule has 0 aliphatic rings. The highest BCUT2D eigenvalue weighted by Gasteiger charge is 2.13. The Morgan fingerprint density at radius 1 is 1.18 bits per heavy atom. The van der Waals surface area contributed by atoms with Gasteiger partial charge in [0.2, 0.25) is 5.82 Å². The molecule has 0 radical (unpaired) electrons. The maximum absolute atomic E-state index is 13.0. The van der Waals surface area contributed by atoms with Gasteiger partial charge in [0.05, 0.1) is 12.2 Å². The number of carbonyl (C=O) groups is 1. The lowest BCUT2D eigenvalue weighted by molar-refractivity contribution is -0.139. The van der Waals surface area contributed by atoms with E-state index in [1.807, 2.05) is 42.8 Å². The second-order valence-corrected chi connectivity index (χ2v) is 7.70. The largest absolute Gasteiger partial charge is 0.452 e. The van der Waals surface area contributed by atoms with E-state index in [0.29, 0.717) is 17.1 Å². The molecule has 0 aliphatic heterocycles. The number of esters is 1. The van der Waals surface area contributed by atoms with Gasteiger partial charge >= 0.3 is 5.97 Å². The van der Waals surface area contributed by atoms with Gasteiger partial charge in [0.1, 0.15) is 5.82 Å². The van der Waals surface area contributed by atoms with E-state index in [1.54, 1.807) is 6.08 Å². The first-order valence-corrected chi connectivity index (χ1v) is 10.5. The molecule has 9 heteroatoms. The summed E-state index contributed by atoms with van der Waals surface area (Å²) in [4.78, 5) is 16.3. The molecular formula is C24H20ClFN4O3. The molecule has 7 nitrogen and oxygen atoms in total. The molecule has 2 heterocycles. The van der Waals surface area contributed by atoms with Crippen molar-refractivity contribution in [2.75, 3.05) is 0 Å². The quantitative estimate of drug-likeness (QED) is 0.277. The Hall–Kier alpha value is -3.78. The molecule has 0 aliphatic carbocycles. The smallest absolute Gasteiger partial charge is 0.331 e. The van der Waals surface area contributed by atoms with Crippen LogP contribution in [0, 0.1) is 19.7 Å². The number of aromatic nitrogens is 4. The summed E-state index contributed by atoms with van der Waals surface area (Å²) in [6, 6.07) is 13.3. The van der Waals surface area contributed by atoms with Crippen LogP contribution in [0.25, 0.3) is 17.5 Å². The van der Waals surface area contributed by atoms with Crippen LogP contribution < -0.4 is 0 Å². The third-order valence-corrected chi connectivity index (χ3v) is 5.38. The summed E-state index contributed by atoms with van der Waals surface area (Å²) in [5, 5.41) is 9.04. The van der Waals surface area contributed by atoms with Crippen LogP contribution in [0.15, 0.2) is 59.1 Å². The molecule has 0 fully saturated rings. The molecule has 0 amide bonds. The third-order valence-electron chi connectivity index (χ3n) is 5.01. The zero-order valence-corrected chi connectivity index (χ0v) is 18.7. The van der Waals surface area contributed by atoms with Crippen LogP contribution in [0.3, 0.4) is 0 Å². The number of carbonyl (C=O) groups excluding carboxylic acids is 1. The lowest BCUT2D eigenvalue weighted by Gasteiger charge is -2.06. The summed E-state index contributed by atoms with van der Waals surface area (Å²) in [6.07, 6.45) is 3.00. The highest BCUT2D eigenvalue weighted by molar-refractivity contribution is 6.31. The van der Waals surface area contributed by atoms with Gasteiger partial charge in [-0.1, -0.05) is 35.0 Å². The van der Waals surface area contributed by atoms with Crippen molar-refractivity contribution in [3.05, 3.63) is 93.9 Å². The van der Waals surface area contributed by atoms with Gasteiger partial charge in [0, 0.05) is 27.9 Å². The topological polar surface area (TPSA) is 83.0 Å². The van der Waals surface area contributed by atoms with E-state index in [9.17, 15) is 9.18 Å². The van der Waals surface area contributed by atoms with E-state index in [4.69, 9.17) is 20.9 Å². The van der Waals surface area contributed by atoms with E-state index in [-0.39, 0.29) is 24.1 Å². The molecule has 2 aromatic carbocycles. The molecule has 0 N–H and O–H groups in total. The fraction of sp³-hybridized carbons (Fsp3) is 0.167. The van der Waals surface area contributed by atoms with Crippen LogP contribution in [0.2, 0.25) is 5.02 Å². The number of aryl methyl sites for hydroxylation is 1. The van der Waals surface area contributed by atoms with Crippen molar-refractivity contribution in [2.24, 2.45) is 0 Å². The molecule has 0 unspecified atom stereocenters. The zero-order valence-electron chi connectivity index (χ0n) is 18.0. The number of hydrogen-bond donors (Lipinski definition) is 0. The molecule has 0 saturated heterocycles. The number of nitrogens with zero attached hydrogens (tertiary/aromatic N) is 4. The summed E-state index contributed by atoms with van der Waals surface area (Å²) in [7, 11) is 0. The predicted octanol–water partition coefficient (Wildman–Crippen LogP) is 5.15. The van der Waals surface area contributed by atoms with Crippen LogP contribution >= 0.6 is 11.6 Å². The fourth-order valence-electron chi connectivity index (χ4n) is 3.26. The molecular weight excluding hydrogens is 447 g/mol. The molecule has 0 spiro atoms. The highest BCUT2D eigenvalue weighted by Crippen LogP contribution is 2.20. The maximum Gasteiger partial charge on any atom is 0.331 e. The van der Waals surface area contributed by atoms with Crippen molar-refractivity contribution < 1.29 is 18.4 Å². The standard InChI is InChI=1S/C24H20ClFN4O3/c1-15-20(16(2)30(28-15)13-18-5-3-4-6-21(18)25)11-12-23(31)32-14-22-27-24(29-33-22)17-7-9-19(26)10-8-17/h3-12H,13-14H2,1-2H3/b12-11+. The van der Waals surface area contributed by atoms with Gasteiger partial charge in [-0.05, 0) is 55.8 Å². The summed E-state index contributed by atoms with van der Waals surface area (Å²) in [5.74, 6) is -0.498. The minimum atomic E-state index is -0.561.